The highest BCUT2D eigenvalue weighted by atomic mass is 16.7. The Bertz CT molecular complexity index is 1130. The zero-order valence-electron chi connectivity index (χ0n) is 16.4. The number of benzene rings is 2. The molecule has 0 fully saturated rings. The summed E-state index contributed by atoms with van der Waals surface area (Å²) in [4.78, 5) is 24.6. The second kappa shape index (κ2) is 8.08. The number of amides is 2. The number of anilines is 1. The second-order valence-electron chi connectivity index (χ2n) is 6.58. The molecule has 1 aliphatic rings. The first-order chi connectivity index (χ1) is 14.5. The van der Waals surface area contributed by atoms with E-state index in [1.807, 2.05) is 12.1 Å². The molecule has 0 saturated heterocycles. The van der Waals surface area contributed by atoms with Gasteiger partial charge in [0.25, 0.3) is 11.8 Å². The van der Waals surface area contributed by atoms with Crippen molar-refractivity contribution in [2.24, 2.45) is 12.1 Å². The summed E-state index contributed by atoms with van der Waals surface area (Å²) in [6.45, 7) is 1.93. The number of nitrogens with zero attached hydrogens (tertiary/aromatic N) is 3. The molecule has 2 amide bonds. The molecule has 2 heterocycles. The van der Waals surface area contributed by atoms with Crippen molar-refractivity contribution in [3.8, 4) is 11.5 Å². The molecule has 0 bridgehead atoms. The first-order valence-electron chi connectivity index (χ1n) is 9.15. The van der Waals surface area contributed by atoms with Crippen LogP contribution in [0.25, 0.3) is 0 Å². The first-order valence-corrected chi connectivity index (χ1v) is 9.15. The van der Waals surface area contributed by atoms with Crippen LogP contribution in [0.5, 0.6) is 11.5 Å². The minimum Gasteiger partial charge on any atom is -0.454 e. The monoisotopic (exact) mass is 405 g/mol. The lowest BCUT2D eigenvalue weighted by molar-refractivity contribution is 0.0953. The Kier molecular flexibility index (Phi) is 5.17. The fraction of sp³-hybridized carbons (Fsp3) is 0.143. The quantitative estimate of drug-likeness (QED) is 0.501. The minimum absolute atomic E-state index is 0.149. The Hall–Kier alpha value is -4.14. The van der Waals surface area contributed by atoms with Crippen LogP contribution in [0.3, 0.4) is 0 Å². The molecule has 9 nitrogen and oxygen atoms in total. The van der Waals surface area contributed by atoms with Gasteiger partial charge < -0.3 is 14.8 Å². The van der Waals surface area contributed by atoms with Crippen LogP contribution in [0.1, 0.15) is 33.3 Å². The largest absolute Gasteiger partial charge is 0.454 e. The summed E-state index contributed by atoms with van der Waals surface area (Å²) >= 11 is 0. The molecule has 30 heavy (non-hydrogen) atoms. The summed E-state index contributed by atoms with van der Waals surface area (Å²) in [6.07, 6.45) is 1.57. The number of aromatic nitrogens is 2. The molecule has 2 N–H and O–H groups in total. The van der Waals surface area contributed by atoms with E-state index in [2.05, 4.69) is 20.9 Å². The Morgan fingerprint density at radius 1 is 1.00 bits per heavy atom. The summed E-state index contributed by atoms with van der Waals surface area (Å²) in [6, 6.07) is 13.7. The molecule has 0 radical (unpaired) electrons. The molecule has 1 aromatic heterocycles. The van der Waals surface area contributed by atoms with Crippen LogP contribution in [0.4, 0.5) is 5.69 Å². The first kappa shape index (κ1) is 19.2. The van der Waals surface area contributed by atoms with Crippen molar-refractivity contribution < 1.29 is 19.1 Å². The zero-order valence-corrected chi connectivity index (χ0v) is 16.4. The van der Waals surface area contributed by atoms with E-state index >= 15 is 0 Å². The smallest absolute Gasteiger partial charge is 0.273 e. The SMILES string of the molecule is C/C(=N\NC(=O)c1ccc2c(c1)OCO2)c1ccc(NC(=O)c2ccnn2C)cc1. The molecule has 1 aliphatic heterocycles. The number of hydrazone groups is 1. The van der Waals surface area contributed by atoms with Crippen molar-refractivity contribution in [2.45, 2.75) is 6.92 Å². The van der Waals surface area contributed by atoms with Crippen LogP contribution in [0, 0.1) is 0 Å². The van der Waals surface area contributed by atoms with Gasteiger partial charge in [0.15, 0.2) is 11.5 Å². The Labute approximate surface area is 172 Å². The molecular formula is C21H19N5O4. The number of rotatable bonds is 5. The Morgan fingerprint density at radius 2 is 1.73 bits per heavy atom. The van der Waals surface area contributed by atoms with E-state index < -0.39 is 0 Å². The van der Waals surface area contributed by atoms with Crippen LogP contribution in [-0.2, 0) is 7.05 Å². The highest BCUT2D eigenvalue weighted by molar-refractivity contribution is 6.04. The van der Waals surface area contributed by atoms with Crippen molar-refractivity contribution in [3.63, 3.8) is 0 Å². The van der Waals surface area contributed by atoms with E-state index in [-0.39, 0.29) is 18.6 Å². The average Bonchev–Trinajstić information content (AvgIpc) is 3.40. The van der Waals surface area contributed by atoms with Crippen molar-refractivity contribution >= 4 is 23.2 Å². The van der Waals surface area contributed by atoms with Crippen molar-refractivity contribution in [1.82, 2.24) is 15.2 Å². The van der Waals surface area contributed by atoms with Gasteiger partial charge in [-0.05, 0) is 48.9 Å². The number of carbonyl (C=O) groups is 2. The molecule has 9 heteroatoms. The predicted octanol–water partition coefficient (Wildman–Crippen LogP) is 2.56. The third-order valence-electron chi connectivity index (χ3n) is 4.57. The Balaban J connectivity index is 1.39. The van der Waals surface area contributed by atoms with Crippen LogP contribution in [0.2, 0.25) is 0 Å². The van der Waals surface area contributed by atoms with Gasteiger partial charge in [0.1, 0.15) is 5.69 Å². The number of fused-ring (bicyclic) bond motifs is 1. The van der Waals surface area contributed by atoms with Gasteiger partial charge >= 0.3 is 0 Å². The van der Waals surface area contributed by atoms with Gasteiger partial charge in [-0.15, -0.1) is 0 Å². The lowest BCUT2D eigenvalue weighted by Gasteiger charge is -2.07. The minimum atomic E-state index is -0.354. The van der Waals surface area contributed by atoms with Crippen molar-refractivity contribution in [1.29, 1.82) is 0 Å². The number of aryl methyl sites for hydroxylation is 1. The van der Waals surface area contributed by atoms with Gasteiger partial charge in [0, 0.05) is 24.5 Å². The molecular weight excluding hydrogens is 386 g/mol. The van der Waals surface area contributed by atoms with Gasteiger partial charge in [-0.25, -0.2) is 5.43 Å². The summed E-state index contributed by atoms with van der Waals surface area (Å²) in [5.74, 6) is 0.547. The summed E-state index contributed by atoms with van der Waals surface area (Å²) in [5, 5.41) is 10.9. The fourth-order valence-electron chi connectivity index (χ4n) is 2.89. The van der Waals surface area contributed by atoms with Gasteiger partial charge in [-0.1, -0.05) is 12.1 Å². The summed E-state index contributed by atoms with van der Waals surface area (Å²) in [5.41, 5.74) is 5.48. The van der Waals surface area contributed by atoms with Gasteiger partial charge in [0.05, 0.1) is 5.71 Å². The van der Waals surface area contributed by atoms with Gasteiger partial charge in [-0.3, -0.25) is 14.3 Å². The molecule has 2 aromatic carbocycles. The molecule has 0 unspecified atom stereocenters. The highest BCUT2D eigenvalue weighted by Gasteiger charge is 2.16. The standard InChI is InChI=1S/C21H19N5O4/c1-13(24-25-20(27)15-5-8-18-19(11-15)30-12-29-18)14-3-6-16(7-4-14)23-21(28)17-9-10-22-26(17)2/h3-11H,12H2,1-2H3,(H,23,28)(H,25,27)/b24-13+. The maximum Gasteiger partial charge on any atom is 0.273 e. The molecule has 152 valence electrons. The van der Waals surface area contributed by atoms with Crippen LogP contribution < -0.4 is 20.2 Å². The second-order valence-corrected chi connectivity index (χ2v) is 6.58. The van der Waals surface area contributed by atoms with Crippen LogP contribution in [-0.4, -0.2) is 34.1 Å². The summed E-state index contributed by atoms with van der Waals surface area (Å²) < 4.78 is 12.0. The van der Waals surface area contributed by atoms with Gasteiger partial charge in [0.2, 0.25) is 6.79 Å². The number of carbonyl (C=O) groups excluding carboxylic acids is 2. The van der Waals surface area contributed by atoms with Crippen LogP contribution in [0.15, 0.2) is 59.8 Å². The van der Waals surface area contributed by atoms with Crippen molar-refractivity contribution in [2.75, 3.05) is 12.1 Å². The number of hydrogen-bond acceptors (Lipinski definition) is 6. The average molecular weight is 405 g/mol. The maximum absolute atomic E-state index is 12.3. The Morgan fingerprint density at radius 3 is 2.47 bits per heavy atom. The van der Waals surface area contributed by atoms with Crippen LogP contribution >= 0.6 is 0 Å². The maximum atomic E-state index is 12.3. The predicted molar refractivity (Wildman–Crippen MR) is 110 cm³/mol. The van der Waals surface area contributed by atoms with E-state index in [1.54, 1.807) is 56.6 Å². The highest BCUT2D eigenvalue weighted by Crippen LogP contribution is 2.32. The topological polar surface area (TPSA) is 107 Å². The van der Waals surface area contributed by atoms with Crippen molar-refractivity contribution in [3.05, 3.63) is 71.5 Å². The molecule has 0 spiro atoms. The molecule has 0 atom stereocenters. The van der Waals surface area contributed by atoms with E-state index in [9.17, 15) is 9.59 Å². The number of hydrogen-bond donors (Lipinski definition) is 2. The zero-order chi connectivity index (χ0) is 21.1. The van der Waals surface area contributed by atoms with E-state index in [0.717, 1.165) is 5.56 Å². The molecule has 0 aliphatic carbocycles. The summed E-state index contributed by atoms with van der Waals surface area (Å²) in [7, 11) is 1.70. The van der Waals surface area contributed by atoms with E-state index in [1.165, 1.54) is 4.68 Å². The number of nitrogens with one attached hydrogen (secondary N) is 2. The molecule has 0 saturated carbocycles. The number of ether oxygens (including phenoxy) is 2. The van der Waals surface area contributed by atoms with E-state index in [0.29, 0.717) is 34.2 Å². The third kappa shape index (κ3) is 4.00. The molecule has 4 rings (SSSR count). The fourth-order valence-corrected chi connectivity index (χ4v) is 2.89. The normalized spacial score (nSPS) is 12.5. The third-order valence-corrected chi connectivity index (χ3v) is 4.57. The lowest BCUT2D eigenvalue weighted by atomic mass is 10.1. The van der Waals surface area contributed by atoms with Gasteiger partial charge in [-0.2, -0.15) is 10.2 Å². The molecule has 3 aromatic rings. The lowest BCUT2D eigenvalue weighted by Crippen LogP contribution is -2.19. The van der Waals surface area contributed by atoms with E-state index in [4.69, 9.17) is 9.47 Å².